The molecule has 0 radical (unpaired) electrons. The number of para-hydroxylation sites is 1. The van der Waals surface area contributed by atoms with Crippen molar-refractivity contribution in [3.63, 3.8) is 0 Å². The predicted octanol–water partition coefficient (Wildman–Crippen LogP) is 2.76. The van der Waals surface area contributed by atoms with E-state index >= 15 is 0 Å². The molecular formula is C18H22N2O7S2. The Morgan fingerprint density at radius 1 is 1.24 bits per heavy atom. The van der Waals surface area contributed by atoms with Crippen LogP contribution >= 0.6 is 23.5 Å². The molecule has 9 nitrogen and oxygen atoms in total. The maximum absolute atomic E-state index is 12.2. The van der Waals surface area contributed by atoms with Gasteiger partial charge in [0.1, 0.15) is 11.2 Å². The summed E-state index contributed by atoms with van der Waals surface area (Å²) in [7, 11) is 0. The molecule has 0 bridgehead atoms. The molecule has 1 amide bonds. The molecule has 0 saturated carbocycles. The maximum Gasteiger partial charge on any atom is 0.508 e. The van der Waals surface area contributed by atoms with E-state index in [1.165, 1.54) is 41.7 Å². The molecule has 1 fully saturated rings. The third-order valence-corrected chi connectivity index (χ3v) is 6.98. The van der Waals surface area contributed by atoms with E-state index in [4.69, 9.17) is 9.47 Å². The summed E-state index contributed by atoms with van der Waals surface area (Å²) in [6, 6.07) is 5.67. The van der Waals surface area contributed by atoms with Crippen LogP contribution in [0.25, 0.3) is 0 Å². The summed E-state index contributed by atoms with van der Waals surface area (Å²) >= 11 is 2.91. The second-order valence-electron chi connectivity index (χ2n) is 6.26. The monoisotopic (exact) mass is 442 g/mol. The number of nitrogens with one attached hydrogen (secondary N) is 1. The Hall–Kier alpha value is -2.27. The van der Waals surface area contributed by atoms with Crippen molar-refractivity contribution in [2.24, 2.45) is 5.92 Å². The SMILES string of the molecule is CSC(SC)C(=O)CC1NC(=O)C1CCOC(=O)OCc1ccccc1[N+](=O)[O-]. The molecule has 1 aromatic rings. The maximum atomic E-state index is 12.2. The number of carbonyl (C=O) groups excluding carboxylic acids is 3. The largest absolute Gasteiger partial charge is 0.508 e. The Labute approximate surface area is 176 Å². The van der Waals surface area contributed by atoms with Gasteiger partial charge in [0, 0.05) is 18.5 Å². The summed E-state index contributed by atoms with van der Waals surface area (Å²) in [5, 5.41) is 13.7. The van der Waals surface area contributed by atoms with Crippen LogP contribution in [0.2, 0.25) is 0 Å². The Balaban J connectivity index is 1.74. The number of amides is 1. The van der Waals surface area contributed by atoms with E-state index in [2.05, 4.69) is 5.32 Å². The molecule has 2 unspecified atom stereocenters. The average Bonchev–Trinajstić information content (AvgIpc) is 2.70. The summed E-state index contributed by atoms with van der Waals surface area (Å²) in [6.07, 6.45) is 3.26. The molecule has 1 N–H and O–H groups in total. The number of benzene rings is 1. The number of ketones is 1. The number of nitro benzene ring substituents is 1. The Morgan fingerprint density at radius 2 is 1.93 bits per heavy atom. The average molecular weight is 443 g/mol. The topological polar surface area (TPSA) is 125 Å². The molecule has 2 rings (SSSR count). The van der Waals surface area contributed by atoms with Gasteiger partial charge in [0.05, 0.1) is 23.0 Å². The lowest BCUT2D eigenvalue weighted by Crippen LogP contribution is -2.59. The van der Waals surface area contributed by atoms with Crippen molar-refractivity contribution in [3.05, 3.63) is 39.9 Å². The molecule has 1 saturated heterocycles. The number of rotatable bonds is 11. The van der Waals surface area contributed by atoms with Gasteiger partial charge in [-0.3, -0.25) is 19.7 Å². The third kappa shape index (κ3) is 6.36. The number of thioether (sulfide) groups is 2. The minimum absolute atomic E-state index is 0.0486. The number of hydrogen-bond donors (Lipinski definition) is 1. The van der Waals surface area contributed by atoms with Gasteiger partial charge in [0.2, 0.25) is 5.91 Å². The number of hydrogen-bond acceptors (Lipinski definition) is 9. The van der Waals surface area contributed by atoms with Crippen LogP contribution in [0.15, 0.2) is 24.3 Å². The van der Waals surface area contributed by atoms with E-state index in [-0.39, 0.29) is 59.6 Å². The van der Waals surface area contributed by atoms with E-state index in [9.17, 15) is 24.5 Å². The molecule has 1 heterocycles. The summed E-state index contributed by atoms with van der Waals surface area (Å²) in [4.78, 5) is 46.0. The van der Waals surface area contributed by atoms with Gasteiger partial charge in [0.25, 0.3) is 5.69 Å². The van der Waals surface area contributed by atoms with Gasteiger partial charge in [0.15, 0.2) is 5.78 Å². The van der Waals surface area contributed by atoms with E-state index in [0.717, 1.165) is 0 Å². The third-order valence-electron chi connectivity index (χ3n) is 4.44. The van der Waals surface area contributed by atoms with E-state index in [0.29, 0.717) is 0 Å². The Kier molecular flexibility index (Phi) is 8.77. The highest BCUT2D eigenvalue weighted by Gasteiger charge is 2.40. The molecule has 2 atom stereocenters. The van der Waals surface area contributed by atoms with Gasteiger partial charge in [-0.15, -0.1) is 23.5 Å². The summed E-state index contributed by atoms with van der Waals surface area (Å²) in [5.41, 5.74) is 0.108. The zero-order valence-corrected chi connectivity index (χ0v) is 17.6. The smallest absolute Gasteiger partial charge is 0.434 e. The molecular weight excluding hydrogens is 420 g/mol. The Bertz CT molecular complexity index is 770. The van der Waals surface area contributed by atoms with E-state index < -0.39 is 17.0 Å². The molecule has 0 spiro atoms. The minimum atomic E-state index is -0.972. The number of Topliss-reactive ketones (excluding diaryl/α,β-unsaturated/α-hetero) is 1. The number of nitrogens with zero attached hydrogens (tertiary/aromatic N) is 1. The fraction of sp³-hybridized carbons (Fsp3) is 0.500. The quantitative estimate of drug-likeness (QED) is 0.181. The molecule has 158 valence electrons. The normalized spacial score (nSPS) is 18.0. The van der Waals surface area contributed by atoms with Gasteiger partial charge in [-0.2, -0.15) is 0 Å². The second-order valence-corrected chi connectivity index (χ2v) is 8.44. The van der Waals surface area contributed by atoms with Crippen molar-refractivity contribution in [1.82, 2.24) is 5.32 Å². The Morgan fingerprint density at radius 3 is 2.55 bits per heavy atom. The van der Waals surface area contributed by atoms with Crippen molar-refractivity contribution in [2.75, 3.05) is 19.1 Å². The molecule has 1 aromatic carbocycles. The fourth-order valence-corrected chi connectivity index (χ4v) is 4.42. The fourth-order valence-electron chi connectivity index (χ4n) is 2.93. The first-order chi connectivity index (χ1) is 13.9. The zero-order valence-electron chi connectivity index (χ0n) is 16.0. The lowest BCUT2D eigenvalue weighted by molar-refractivity contribution is -0.385. The van der Waals surface area contributed by atoms with Crippen LogP contribution in [0.4, 0.5) is 10.5 Å². The highest BCUT2D eigenvalue weighted by Crippen LogP contribution is 2.27. The van der Waals surface area contributed by atoms with Crippen molar-refractivity contribution in [2.45, 2.75) is 30.1 Å². The van der Waals surface area contributed by atoms with Crippen molar-refractivity contribution < 1.29 is 28.8 Å². The van der Waals surface area contributed by atoms with E-state index in [1.807, 2.05) is 12.5 Å². The van der Waals surface area contributed by atoms with Gasteiger partial charge in [-0.25, -0.2) is 4.79 Å². The second kappa shape index (κ2) is 11.1. The van der Waals surface area contributed by atoms with Crippen LogP contribution in [0.5, 0.6) is 0 Å². The zero-order chi connectivity index (χ0) is 21.4. The first-order valence-corrected chi connectivity index (χ1v) is 11.4. The van der Waals surface area contributed by atoms with Crippen LogP contribution < -0.4 is 5.32 Å². The molecule has 1 aliphatic rings. The van der Waals surface area contributed by atoms with Gasteiger partial charge < -0.3 is 14.8 Å². The summed E-state index contributed by atoms with van der Waals surface area (Å²) < 4.78 is 9.70. The summed E-state index contributed by atoms with van der Waals surface area (Å²) in [6.45, 7) is -0.339. The molecule has 29 heavy (non-hydrogen) atoms. The van der Waals surface area contributed by atoms with Crippen LogP contribution in [-0.2, 0) is 25.7 Å². The molecule has 1 aliphatic heterocycles. The van der Waals surface area contributed by atoms with Crippen LogP contribution in [-0.4, -0.2) is 52.5 Å². The first-order valence-electron chi connectivity index (χ1n) is 8.77. The first kappa shape index (κ1) is 23.0. The van der Waals surface area contributed by atoms with E-state index in [1.54, 1.807) is 6.07 Å². The lowest BCUT2D eigenvalue weighted by atomic mass is 9.85. The number of ether oxygens (including phenoxy) is 2. The molecule has 0 aliphatic carbocycles. The molecule has 0 aromatic heterocycles. The van der Waals surface area contributed by atoms with Gasteiger partial charge in [-0.05, 0) is 25.0 Å². The number of carbonyl (C=O) groups is 3. The number of nitro groups is 1. The highest BCUT2D eigenvalue weighted by molar-refractivity contribution is 8.17. The van der Waals surface area contributed by atoms with Crippen LogP contribution in [0.1, 0.15) is 18.4 Å². The number of β-lactam (4-membered cyclic amide) rings is 1. The van der Waals surface area contributed by atoms with Crippen molar-refractivity contribution in [3.8, 4) is 0 Å². The van der Waals surface area contributed by atoms with Crippen molar-refractivity contribution in [1.29, 1.82) is 0 Å². The molecule has 11 heteroatoms. The predicted molar refractivity (Wildman–Crippen MR) is 110 cm³/mol. The van der Waals surface area contributed by atoms with Crippen LogP contribution in [0, 0.1) is 16.0 Å². The standard InChI is InChI=1S/C18H22N2O7S2/c1-28-17(29-2)15(21)9-13-12(16(22)19-13)7-8-26-18(23)27-10-11-5-3-4-6-14(11)20(24)25/h3-6,12-13,17H,7-10H2,1-2H3,(H,19,22). The van der Waals surface area contributed by atoms with Gasteiger partial charge >= 0.3 is 6.16 Å². The van der Waals surface area contributed by atoms with Gasteiger partial charge in [-0.1, -0.05) is 12.1 Å². The van der Waals surface area contributed by atoms with Crippen LogP contribution in [0.3, 0.4) is 0 Å². The highest BCUT2D eigenvalue weighted by atomic mass is 32.2. The lowest BCUT2D eigenvalue weighted by Gasteiger charge is -2.36. The van der Waals surface area contributed by atoms with Crippen molar-refractivity contribution >= 4 is 47.1 Å². The summed E-state index contributed by atoms with van der Waals surface area (Å²) in [5.74, 6) is -0.513. The minimum Gasteiger partial charge on any atom is -0.434 e.